The van der Waals surface area contributed by atoms with Crippen LogP contribution in [0.4, 0.5) is 11.4 Å². The Morgan fingerprint density at radius 2 is 1.02 bits per heavy atom. The van der Waals surface area contributed by atoms with Gasteiger partial charge in [0.2, 0.25) is 11.8 Å². The lowest BCUT2D eigenvalue weighted by molar-refractivity contribution is -0.133. The van der Waals surface area contributed by atoms with Gasteiger partial charge in [-0.1, -0.05) is 23.3 Å². The number of carbonyl (C=O) groups is 2. The molecular weight excluding hydrogens is 833 g/mol. The van der Waals surface area contributed by atoms with Gasteiger partial charge in [0.05, 0.1) is 90.2 Å². The maximum Gasteiger partial charge on any atom is 0.394 e. The Hall–Kier alpha value is -4.23. The van der Waals surface area contributed by atoms with Crippen LogP contribution < -0.4 is 28.7 Å². The van der Waals surface area contributed by atoms with E-state index < -0.39 is 10.4 Å². The molecule has 2 unspecified atom stereocenters. The molecule has 2 N–H and O–H groups in total. The molecule has 2 spiro atoms. The van der Waals surface area contributed by atoms with Crippen molar-refractivity contribution in [2.45, 2.75) is 85.7 Å². The number of anilines is 2. The number of amides is 2. The van der Waals surface area contributed by atoms with Gasteiger partial charge in [0.1, 0.15) is 0 Å². The zero-order valence-corrected chi connectivity index (χ0v) is 36.7. The molecule has 0 radical (unpaired) electrons. The van der Waals surface area contributed by atoms with Gasteiger partial charge in [-0.05, 0) is 73.9 Å². The summed E-state index contributed by atoms with van der Waals surface area (Å²) >= 11 is 0. The van der Waals surface area contributed by atoms with E-state index in [1.165, 1.54) is 24.0 Å². The van der Waals surface area contributed by atoms with Crippen molar-refractivity contribution >= 4 is 33.6 Å². The van der Waals surface area contributed by atoms with E-state index in [-0.39, 0.29) is 46.9 Å². The lowest BCUT2D eigenvalue weighted by Gasteiger charge is -2.58. The molecule has 4 bridgehead atoms. The van der Waals surface area contributed by atoms with E-state index in [1.807, 2.05) is 12.1 Å². The molecule has 2 saturated carbocycles. The van der Waals surface area contributed by atoms with Gasteiger partial charge in [-0.3, -0.25) is 28.5 Å². The molecule has 2 amide bonds. The third kappa shape index (κ3) is 5.32. The maximum atomic E-state index is 13.5. The van der Waals surface area contributed by atoms with Crippen molar-refractivity contribution in [3.05, 3.63) is 58.7 Å². The Bertz CT molecular complexity index is 2350. The van der Waals surface area contributed by atoms with Crippen molar-refractivity contribution in [1.82, 2.24) is 9.80 Å². The Morgan fingerprint density at radius 3 is 1.40 bits per heavy atom. The van der Waals surface area contributed by atoms with E-state index in [4.69, 9.17) is 45.9 Å². The Kier molecular flexibility index (Phi) is 8.88. The van der Waals surface area contributed by atoms with Gasteiger partial charge in [0.25, 0.3) is 0 Å². The normalized spacial score (nSPS) is 38.7. The monoisotopic (exact) mass is 886 g/mol. The van der Waals surface area contributed by atoms with Gasteiger partial charge >= 0.3 is 10.4 Å². The number of methoxy groups -OCH3 is 4. The minimum Gasteiger partial charge on any atom is -0.493 e. The number of benzene rings is 2. The minimum atomic E-state index is -4.67. The van der Waals surface area contributed by atoms with E-state index in [0.29, 0.717) is 73.3 Å². The topological polar surface area (TPSA) is 177 Å². The first kappa shape index (κ1) is 40.3. The first-order valence-corrected chi connectivity index (χ1v) is 23.7. The van der Waals surface area contributed by atoms with Crippen LogP contribution >= 0.6 is 0 Å². The van der Waals surface area contributed by atoms with Gasteiger partial charge in [-0.15, -0.1) is 0 Å². The quantitative estimate of drug-likeness (QED) is 0.337. The van der Waals surface area contributed by atoms with E-state index >= 15 is 0 Å². The number of carbonyl (C=O) groups excluding carboxylic acids is 2. The molecule has 0 aromatic heterocycles. The van der Waals surface area contributed by atoms with Crippen molar-refractivity contribution in [3.63, 3.8) is 0 Å². The van der Waals surface area contributed by atoms with Crippen molar-refractivity contribution in [3.8, 4) is 23.0 Å². The summed E-state index contributed by atoms with van der Waals surface area (Å²) in [5.74, 6) is 5.15. The van der Waals surface area contributed by atoms with E-state index in [9.17, 15) is 9.59 Å². The molecule has 17 heteroatoms. The number of rotatable bonds is 4. The van der Waals surface area contributed by atoms with Crippen molar-refractivity contribution < 1.29 is 55.5 Å². The minimum absolute atomic E-state index is 0.0242. The van der Waals surface area contributed by atoms with Gasteiger partial charge in [0, 0.05) is 60.0 Å². The number of hydrogen-bond acceptors (Lipinski definition) is 12. The number of nitrogens with zero attached hydrogens (tertiary/aromatic N) is 4. The van der Waals surface area contributed by atoms with Crippen molar-refractivity contribution in [2.24, 2.45) is 23.7 Å². The third-order valence-corrected chi connectivity index (χ3v) is 17.6. The first-order valence-electron chi connectivity index (χ1n) is 22.3. The van der Waals surface area contributed by atoms with Crippen LogP contribution in [0.25, 0.3) is 0 Å². The SMILES string of the molecule is COc1cc2c(cc1OC)[C@]13CCN4CC5=CCO[C@@H]6CC(=O)N2C1[C@@H]6[C@@H]5C[C@@H]43.COc1cc2c(cc1OC)[C@]13CCN4CC5=CCO[C@@H]6CC(=O)N2C1[C@@H]6[C@@H]5C[C@@H]43.O=S(=O)(O)O. The molecule has 10 aliphatic heterocycles. The molecule has 8 fully saturated rings. The van der Waals surface area contributed by atoms with Gasteiger partial charge in [0.15, 0.2) is 23.0 Å². The van der Waals surface area contributed by atoms with Gasteiger partial charge in [-0.2, -0.15) is 8.42 Å². The predicted molar refractivity (Wildman–Crippen MR) is 227 cm³/mol. The van der Waals surface area contributed by atoms with Crippen LogP contribution in [0.15, 0.2) is 47.6 Å². The molecular formula is C46H54N4O12S. The summed E-state index contributed by atoms with van der Waals surface area (Å²) < 4.78 is 66.8. The second kappa shape index (κ2) is 13.9. The van der Waals surface area contributed by atoms with Crippen molar-refractivity contribution in [2.75, 3.05) is 77.6 Å². The van der Waals surface area contributed by atoms with Crippen LogP contribution in [0.5, 0.6) is 23.0 Å². The lowest BCUT2D eigenvalue weighted by atomic mass is 9.53. The standard InChI is InChI=1S/2C23H26N2O4.H2O4S/c2*1-27-16-8-14-15(9-17(16)28-2)25-20(26)10-18-21-13-7-19-23(14,22(21)25)4-5-24(19)11-12(13)3-6-29-18;1-5(2,3)4/h2*3,8-9,13,18-19,21-22H,4-7,10-11H2,1-2H3;(H2,1,2,3,4)/t2*13-,18-,19-,21-,22?,23+;/m11./s1. The molecule has 14 rings (SSSR count). The van der Waals surface area contributed by atoms with Crippen LogP contribution in [0.1, 0.15) is 49.7 Å². The molecule has 63 heavy (non-hydrogen) atoms. The highest BCUT2D eigenvalue weighted by Gasteiger charge is 2.73. The highest BCUT2D eigenvalue weighted by molar-refractivity contribution is 7.79. The zero-order valence-electron chi connectivity index (χ0n) is 35.9. The summed E-state index contributed by atoms with van der Waals surface area (Å²) in [6.45, 7) is 5.61. The molecule has 2 aliphatic carbocycles. The smallest absolute Gasteiger partial charge is 0.394 e. The van der Waals surface area contributed by atoms with Crippen LogP contribution in [0.3, 0.4) is 0 Å². The fraction of sp³-hybridized carbons (Fsp3) is 0.609. The average Bonchev–Trinajstić information content (AvgIpc) is 3.94. The molecule has 10 heterocycles. The van der Waals surface area contributed by atoms with Gasteiger partial charge < -0.3 is 38.2 Å². The van der Waals surface area contributed by atoms with Crippen LogP contribution in [0.2, 0.25) is 0 Å². The van der Waals surface area contributed by atoms with Gasteiger partial charge in [-0.25, -0.2) is 0 Å². The molecule has 16 nitrogen and oxygen atoms in total. The van der Waals surface area contributed by atoms with Crippen LogP contribution in [-0.2, 0) is 40.3 Å². The highest BCUT2D eigenvalue weighted by atomic mass is 32.3. The fourth-order valence-electron chi connectivity index (χ4n) is 15.7. The Morgan fingerprint density at radius 1 is 0.635 bits per heavy atom. The number of fused-ring (bicyclic) bond motifs is 4. The molecule has 336 valence electrons. The molecule has 12 aliphatic rings. The Labute approximate surface area is 366 Å². The van der Waals surface area contributed by atoms with E-state index in [0.717, 1.165) is 61.9 Å². The lowest BCUT2D eigenvalue weighted by Crippen LogP contribution is -2.69. The summed E-state index contributed by atoms with van der Waals surface area (Å²) in [5.41, 5.74) is 7.70. The van der Waals surface area contributed by atoms with E-state index in [2.05, 4.69) is 43.9 Å². The second-order valence-electron chi connectivity index (χ2n) is 19.4. The number of ether oxygens (including phenoxy) is 6. The van der Waals surface area contributed by atoms with E-state index in [1.54, 1.807) is 39.6 Å². The average molecular weight is 887 g/mol. The third-order valence-electron chi connectivity index (χ3n) is 17.6. The molecule has 2 aromatic carbocycles. The Balaban J connectivity index is 0.000000121. The first-order chi connectivity index (χ1) is 30.3. The summed E-state index contributed by atoms with van der Waals surface area (Å²) in [5, 5.41) is 0. The van der Waals surface area contributed by atoms with Crippen molar-refractivity contribution in [1.29, 1.82) is 0 Å². The molecule has 2 aromatic rings. The molecule has 6 saturated heterocycles. The predicted octanol–water partition coefficient (Wildman–Crippen LogP) is 3.57. The summed E-state index contributed by atoms with van der Waals surface area (Å²) in [4.78, 5) is 36.5. The summed E-state index contributed by atoms with van der Waals surface area (Å²) in [6, 6.07) is 9.74. The van der Waals surface area contributed by atoms with Crippen LogP contribution in [0, 0.1) is 23.7 Å². The highest BCUT2D eigenvalue weighted by Crippen LogP contribution is 2.68. The summed E-state index contributed by atoms with van der Waals surface area (Å²) in [6.07, 6.45) is 10.2. The van der Waals surface area contributed by atoms with Crippen LogP contribution in [-0.4, -0.2) is 143 Å². The second-order valence-corrected chi connectivity index (χ2v) is 20.3. The number of piperidine rings is 4. The number of hydrogen-bond donors (Lipinski definition) is 2. The molecule has 12 atom stereocenters. The summed E-state index contributed by atoms with van der Waals surface area (Å²) in [7, 11) is 2.05. The fourth-order valence-corrected chi connectivity index (χ4v) is 15.7. The maximum absolute atomic E-state index is 13.5. The largest absolute Gasteiger partial charge is 0.493 e. The zero-order chi connectivity index (χ0) is 43.5.